The van der Waals surface area contributed by atoms with Crippen molar-refractivity contribution in [2.75, 3.05) is 13.1 Å². The number of hydrogen-bond acceptors (Lipinski definition) is 3. The van der Waals surface area contributed by atoms with E-state index >= 15 is 0 Å². The molecule has 0 aliphatic carbocycles. The van der Waals surface area contributed by atoms with Crippen molar-refractivity contribution < 1.29 is 4.79 Å². The Bertz CT molecular complexity index is 668. The normalized spacial score (nSPS) is 17.6. The zero-order chi connectivity index (χ0) is 17.5. The number of carbonyl (C=O) groups excluding carboxylic acids is 1. The lowest BCUT2D eigenvalue weighted by molar-refractivity contribution is -0.133. The van der Waals surface area contributed by atoms with Crippen molar-refractivity contribution >= 4 is 5.91 Å². The Balaban J connectivity index is 1.42. The zero-order valence-electron chi connectivity index (χ0n) is 15.1. The summed E-state index contributed by atoms with van der Waals surface area (Å²) < 4.78 is 1.79. The van der Waals surface area contributed by atoms with Gasteiger partial charge in [-0.25, -0.2) is 4.98 Å². The van der Waals surface area contributed by atoms with Gasteiger partial charge in [0.25, 0.3) is 0 Å². The molecule has 1 aromatic heterocycles. The van der Waals surface area contributed by atoms with Crippen molar-refractivity contribution in [1.29, 1.82) is 0 Å². The van der Waals surface area contributed by atoms with Gasteiger partial charge in [-0.05, 0) is 56.1 Å². The second-order valence-corrected chi connectivity index (χ2v) is 7.08. The van der Waals surface area contributed by atoms with Crippen LogP contribution in [0.25, 0.3) is 0 Å². The van der Waals surface area contributed by atoms with Crippen LogP contribution < -0.4 is 0 Å². The smallest absolute Gasteiger partial charge is 0.222 e. The number of nitrogens with zero attached hydrogens (tertiary/aromatic N) is 4. The van der Waals surface area contributed by atoms with E-state index in [1.54, 1.807) is 11.0 Å². The van der Waals surface area contributed by atoms with Gasteiger partial charge in [0.2, 0.25) is 5.91 Å². The SMILES string of the molecule is Cc1ccccc1CCC1CCCN(C(=O)CCCn2cncn2)C1. The number of likely N-dealkylation sites (tertiary alicyclic amines) is 1. The van der Waals surface area contributed by atoms with Crippen LogP contribution in [0.15, 0.2) is 36.9 Å². The lowest BCUT2D eigenvalue weighted by Crippen LogP contribution is -2.40. The summed E-state index contributed by atoms with van der Waals surface area (Å²) in [7, 11) is 0. The fraction of sp³-hybridized carbons (Fsp3) is 0.550. The van der Waals surface area contributed by atoms with Gasteiger partial charge in [-0.3, -0.25) is 9.48 Å². The van der Waals surface area contributed by atoms with Crippen molar-refractivity contribution in [2.24, 2.45) is 5.92 Å². The molecule has 1 saturated heterocycles. The average molecular weight is 340 g/mol. The molecule has 1 unspecified atom stereocenters. The lowest BCUT2D eigenvalue weighted by Gasteiger charge is -2.33. The summed E-state index contributed by atoms with van der Waals surface area (Å²) in [6.07, 6.45) is 9.33. The number of amides is 1. The first kappa shape index (κ1) is 17.6. The van der Waals surface area contributed by atoms with Crippen molar-refractivity contribution in [3.63, 3.8) is 0 Å². The maximum Gasteiger partial charge on any atom is 0.222 e. The number of benzene rings is 1. The summed E-state index contributed by atoms with van der Waals surface area (Å²) >= 11 is 0. The first-order valence-electron chi connectivity index (χ1n) is 9.37. The van der Waals surface area contributed by atoms with E-state index in [1.807, 2.05) is 0 Å². The van der Waals surface area contributed by atoms with Gasteiger partial charge >= 0.3 is 0 Å². The molecule has 0 N–H and O–H groups in total. The summed E-state index contributed by atoms with van der Waals surface area (Å²) in [6.45, 7) is 4.79. The predicted molar refractivity (Wildman–Crippen MR) is 98.1 cm³/mol. The highest BCUT2D eigenvalue weighted by atomic mass is 16.2. The number of piperidine rings is 1. The lowest BCUT2D eigenvalue weighted by atomic mass is 9.90. The average Bonchev–Trinajstić information content (AvgIpc) is 3.15. The first-order chi connectivity index (χ1) is 12.2. The predicted octanol–water partition coefficient (Wildman–Crippen LogP) is 3.24. The second kappa shape index (κ2) is 8.79. The molecular formula is C20H28N4O. The molecule has 5 nitrogen and oxygen atoms in total. The molecule has 1 aromatic carbocycles. The van der Waals surface area contributed by atoms with E-state index in [1.165, 1.54) is 30.3 Å². The highest BCUT2D eigenvalue weighted by Gasteiger charge is 2.23. The van der Waals surface area contributed by atoms with Crippen molar-refractivity contribution in [2.45, 2.75) is 52.0 Å². The van der Waals surface area contributed by atoms with Crippen LogP contribution in [0.4, 0.5) is 0 Å². The van der Waals surface area contributed by atoms with E-state index in [9.17, 15) is 4.79 Å². The van der Waals surface area contributed by atoms with Gasteiger partial charge in [0.1, 0.15) is 12.7 Å². The molecule has 0 radical (unpaired) electrons. The third-order valence-electron chi connectivity index (χ3n) is 5.20. The number of hydrogen-bond donors (Lipinski definition) is 0. The topological polar surface area (TPSA) is 51.0 Å². The molecule has 3 rings (SSSR count). The van der Waals surface area contributed by atoms with Crippen LogP contribution >= 0.6 is 0 Å². The van der Waals surface area contributed by atoms with E-state index < -0.39 is 0 Å². The van der Waals surface area contributed by atoms with Gasteiger partial charge < -0.3 is 4.90 Å². The molecule has 1 amide bonds. The molecule has 0 saturated carbocycles. The monoisotopic (exact) mass is 340 g/mol. The molecule has 2 aromatic rings. The fourth-order valence-electron chi connectivity index (χ4n) is 3.68. The van der Waals surface area contributed by atoms with Gasteiger partial charge in [0, 0.05) is 26.1 Å². The van der Waals surface area contributed by atoms with Crippen LogP contribution in [-0.2, 0) is 17.8 Å². The molecule has 0 bridgehead atoms. The highest BCUT2D eigenvalue weighted by Crippen LogP contribution is 2.23. The highest BCUT2D eigenvalue weighted by molar-refractivity contribution is 5.76. The minimum Gasteiger partial charge on any atom is -0.342 e. The van der Waals surface area contributed by atoms with E-state index in [0.29, 0.717) is 18.2 Å². The largest absolute Gasteiger partial charge is 0.342 e. The van der Waals surface area contributed by atoms with Gasteiger partial charge in [-0.2, -0.15) is 5.10 Å². The summed E-state index contributed by atoms with van der Waals surface area (Å²) in [6, 6.07) is 8.62. The van der Waals surface area contributed by atoms with Gasteiger partial charge in [0.15, 0.2) is 0 Å². The second-order valence-electron chi connectivity index (χ2n) is 7.08. The number of rotatable bonds is 7. The first-order valence-corrected chi connectivity index (χ1v) is 9.37. The molecule has 1 atom stereocenters. The van der Waals surface area contributed by atoms with Gasteiger partial charge in [-0.1, -0.05) is 24.3 Å². The van der Waals surface area contributed by atoms with E-state index in [-0.39, 0.29) is 0 Å². The van der Waals surface area contributed by atoms with E-state index in [2.05, 4.69) is 46.2 Å². The van der Waals surface area contributed by atoms with Crippen molar-refractivity contribution in [3.05, 3.63) is 48.0 Å². The third-order valence-corrected chi connectivity index (χ3v) is 5.20. The minimum absolute atomic E-state index is 0.292. The van der Waals surface area contributed by atoms with Gasteiger partial charge in [0.05, 0.1) is 0 Å². The quantitative estimate of drug-likeness (QED) is 0.777. The minimum atomic E-state index is 0.292. The van der Waals surface area contributed by atoms with Crippen LogP contribution in [0.2, 0.25) is 0 Å². The molecule has 25 heavy (non-hydrogen) atoms. The summed E-state index contributed by atoms with van der Waals surface area (Å²) in [5, 5.41) is 4.08. The Hall–Kier alpha value is -2.17. The molecule has 5 heteroatoms. The van der Waals surface area contributed by atoms with Crippen LogP contribution in [0.5, 0.6) is 0 Å². The Morgan fingerprint density at radius 3 is 3.00 bits per heavy atom. The van der Waals surface area contributed by atoms with Crippen LogP contribution in [-0.4, -0.2) is 38.7 Å². The molecule has 0 spiro atoms. The van der Waals surface area contributed by atoms with Crippen LogP contribution in [0.3, 0.4) is 0 Å². The van der Waals surface area contributed by atoms with Crippen LogP contribution in [0, 0.1) is 12.8 Å². The Labute approximate surface area is 150 Å². The summed E-state index contributed by atoms with van der Waals surface area (Å²) in [4.78, 5) is 18.5. The maximum atomic E-state index is 12.5. The zero-order valence-corrected chi connectivity index (χ0v) is 15.1. The molecule has 2 heterocycles. The van der Waals surface area contributed by atoms with Crippen LogP contribution in [0.1, 0.15) is 43.2 Å². The van der Waals surface area contributed by atoms with E-state index in [0.717, 1.165) is 38.9 Å². The molecule has 1 fully saturated rings. The van der Waals surface area contributed by atoms with Crippen molar-refractivity contribution in [1.82, 2.24) is 19.7 Å². The maximum absolute atomic E-state index is 12.5. The molecule has 1 aliphatic heterocycles. The molecule has 1 aliphatic rings. The molecular weight excluding hydrogens is 312 g/mol. The summed E-state index contributed by atoms with van der Waals surface area (Å²) in [5.74, 6) is 0.924. The Morgan fingerprint density at radius 2 is 2.20 bits per heavy atom. The summed E-state index contributed by atoms with van der Waals surface area (Å²) in [5.41, 5.74) is 2.82. The fourth-order valence-corrected chi connectivity index (χ4v) is 3.68. The standard InChI is InChI=1S/C20H28N4O/c1-17-6-2-3-8-19(17)11-10-18-7-4-12-23(14-18)20(25)9-5-13-24-16-21-15-22-24/h2-3,6,8,15-16,18H,4-5,7,9-14H2,1H3. The van der Waals surface area contributed by atoms with Crippen molar-refractivity contribution in [3.8, 4) is 0 Å². The number of aryl methyl sites for hydroxylation is 3. The van der Waals surface area contributed by atoms with Gasteiger partial charge in [-0.15, -0.1) is 0 Å². The third kappa shape index (κ3) is 5.15. The Morgan fingerprint density at radius 1 is 1.32 bits per heavy atom. The Kier molecular flexibility index (Phi) is 6.20. The van der Waals surface area contributed by atoms with E-state index in [4.69, 9.17) is 0 Å². The molecule has 134 valence electrons. The number of aromatic nitrogens is 3. The number of carbonyl (C=O) groups is 1.